The van der Waals surface area contributed by atoms with E-state index in [1.807, 2.05) is 13.8 Å². The summed E-state index contributed by atoms with van der Waals surface area (Å²) in [5, 5.41) is 9.01. The minimum Gasteiger partial charge on any atom is -0.481 e. The van der Waals surface area contributed by atoms with Gasteiger partial charge < -0.3 is 5.11 Å². The van der Waals surface area contributed by atoms with Gasteiger partial charge in [-0.3, -0.25) is 9.59 Å². The van der Waals surface area contributed by atoms with Crippen LogP contribution in [-0.4, -0.2) is 16.9 Å². The van der Waals surface area contributed by atoms with Crippen LogP contribution in [0.3, 0.4) is 0 Å². The van der Waals surface area contributed by atoms with Crippen LogP contribution in [0.4, 0.5) is 0 Å². The molecule has 3 heteroatoms. The van der Waals surface area contributed by atoms with Crippen molar-refractivity contribution in [2.24, 2.45) is 35.0 Å². The van der Waals surface area contributed by atoms with Crippen molar-refractivity contribution in [3.63, 3.8) is 0 Å². The van der Waals surface area contributed by atoms with Crippen LogP contribution in [0, 0.1) is 35.0 Å². The Morgan fingerprint density at radius 1 is 1.17 bits per heavy atom. The van der Waals surface area contributed by atoms with Crippen molar-refractivity contribution in [3.05, 3.63) is 0 Å². The monoisotopic (exact) mass is 322 g/mol. The van der Waals surface area contributed by atoms with Gasteiger partial charge in [-0.2, -0.15) is 0 Å². The summed E-state index contributed by atoms with van der Waals surface area (Å²) >= 11 is 0. The summed E-state index contributed by atoms with van der Waals surface area (Å²) in [6.07, 6.45) is 7.50. The predicted molar refractivity (Wildman–Crippen MR) is 92.2 cm³/mol. The smallest absolute Gasteiger partial charge is 0.303 e. The summed E-state index contributed by atoms with van der Waals surface area (Å²) < 4.78 is 0. The maximum absolute atomic E-state index is 12.5. The second kappa shape index (κ2) is 7.36. The van der Waals surface area contributed by atoms with E-state index < -0.39 is 5.97 Å². The Morgan fingerprint density at radius 2 is 1.87 bits per heavy atom. The number of ketones is 1. The van der Waals surface area contributed by atoms with Crippen LogP contribution in [0.5, 0.6) is 0 Å². The molecular formula is C20H34O3. The number of carbonyl (C=O) groups is 2. The van der Waals surface area contributed by atoms with E-state index in [1.54, 1.807) is 0 Å². The first-order valence-corrected chi connectivity index (χ1v) is 9.67. The highest BCUT2D eigenvalue weighted by molar-refractivity contribution is 5.86. The van der Waals surface area contributed by atoms with E-state index in [1.165, 1.54) is 19.3 Å². The molecule has 0 radical (unpaired) electrons. The molecule has 0 bridgehead atoms. The normalized spacial score (nSPS) is 42.3. The van der Waals surface area contributed by atoms with Gasteiger partial charge in [-0.1, -0.05) is 27.7 Å². The van der Waals surface area contributed by atoms with Gasteiger partial charge in [0.2, 0.25) is 0 Å². The van der Waals surface area contributed by atoms with Crippen LogP contribution in [0.15, 0.2) is 0 Å². The molecule has 4 unspecified atom stereocenters. The van der Waals surface area contributed by atoms with Gasteiger partial charge in [0, 0.05) is 18.3 Å². The predicted octanol–water partition coefficient (Wildman–Crippen LogP) is 4.94. The standard InChI is InChI=1S/C18H28O3.C2H6/c1-11-9-12-3-5-15-13(14(12)10-11)4-6-16(19)18(15,2)8-7-17(20)21;1-2/h11-15H,3-10H2,1-2H3,(H,20,21);1-2H3/t11-,12?,13?,14?,15?,18-;/m1./s1. The van der Waals surface area contributed by atoms with E-state index in [-0.39, 0.29) is 11.8 Å². The number of rotatable bonds is 3. The number of carbonyl (C=O) groups excluding carboxylic acids is 1. The Bertz CT molecular complexity index is 444. The van der Waals surface area contributed by atoms with Crippen LogP contribution in [-0.2, 0) is 9.59 Å². The van der Waals surface area contributed by atoms with Crippen molar-refractivity contribution in [2.75, 3.05) is 0 Å². The third kappa shape index (κ3) is 3.49. The fourth-order valence-corrected chi connectivity index (χ4v) is 5.90. The van der Waals surface area contributed by atoms with Gasteiger partial charge in [-0.15, -0.1) is 0 Å². The maximum atomic E-state index is 12.5. The SMILES string of the molecule is CC.C[C@@H]1CC2CCC3C(CCC(=O)[C@]3(C)CCC(=O)O)C2C1. The van der Waals surface area contributed by atoms with E-state index in [9.17, 15) is 9.59 Å². The minimum atomic E-state index is -0.769. The van der Waals surface area contributed by atoms with Gasteiger partial charge >= 0.3 is 5.97 Å². The molecule has 0 aromatic heterocycles. The van der Waals surface area contributed by atoms with Crippen LogP contribution in [0.1, 0.15) is 79.1 Å². The zero-order valence-corrected chi connectivity index (χ0v) is 15.3. The number of carboxylic acids is 1. The van der Waals surface area contributed by atoms with Crippen molar-refractivity contribution in [2.45, 2.75) is 79.1 Å². The topological polar surface area (TPSA) is 54.4 Å². The van der Waals surface area contributed by atoms with Gasteiger partial charge in [-0.05, 0) is 68.1 Å². The van der Waals surface area contributed by atoms with Crippen LogP contribution in [0.25, 0.3) is 0 Å². The summed E-state index contributed by atoms with van der Waals surface area (Å²) in [5.41, 5.74) is -0.377. The van der Waals surface area contributed by atoms with Gasteiger partial charge in [0.1, 0.15) is 5.78 Å². The fraction of sp³-hybridized carbons (Fsp3) is 0.900. The Morgan fingerprint density at radius 3 is 2.52 bits per heavy atom. The molecule has 0 spiro atoms. The van der Waals surface area contributed by atoms with E-state index in [0.29, 0.717) is 30.5 Å². The van der Waals surface area contributed by atoms with Gasteiger partial charge in [0.15, 0.2) is 0 Å². The van der Waals surface area contributed by atoms with Gasteiger partial charge in [-0.25, -0.2) is 0 Å². The number of carboxylic acid groups (broad SMARTS) is 1. The molecule has 0 saturated heterocycles. The Hall–Kier alpha value is -0.860. The van der Waals surface area contributed by atoms with Crippen molar-refractivity contribution in [1.29, 1.82) is 0 Å². The summed E-state index contributed by atoms with van der Waals surface area (Å²) in [6.45, 7) is 8.43. The second-order valence-electron chi connectivity index (χ2n) is 8.12. The molecular weight excluding hydrogens is 288 g/mol. The summed E-state index contributed by atoms with van der Waals surface area (Å²) in [6, 6.07) is 0. The lowest BCUT2D eigenvalue weighted by molar-refractivity contribution is -0.145. The van der Waals surface area contributed by atoms with Crippen molar-refractivity contribution in [1.82, 2.24) is 0 Å². The Labute approximate surface area is 141 Å². The molecule has 0 aromatic carbocycles. The number of aliphatic carboxylic acids is 1. The third-order valence-electron chi connectivity index (χ3n) is 6.92. The van der Waals surface area contributed by atoms with Crippen molar-refractivity contribution in [3.8, 4) is 0 Å². The molecule has 3 fully saturated rings. The highest BCUT2D eigenvalue weighted by Crippen LogP contribution is 2.58. The lowest BCUT2D eigenvalue weighted by Gasteiger charge is -2.51. The molecule has 0 heterocycles. The van der Waals surface area contributed by atoms with Crippen molar-refractivity contribution >= 4 is 11.8 Å². The lowest BCUT2D eigenvalue weighted by Crippen LogP contribution is -2.49. The fourth-order valence-electron chi connectivity index (χ4n) is 5.90. The van der Waals surface area contributed by atoms with Gasteiger partial charge in [0.25, 0.3) is 0 Å². The Balaban J connectivity index is 0.000000924. The second-order valence-corrected chi connectivity index (χ2v) is 8.12. The zero-order chi connectivity index (χ0) is 17.2. The van der Waals surface area contributed by atoms with Crippen LogP contribution < -0.4 is 0 Å². The van der Waals surface area contributed by atoms with Crippen LogP contribution >= 0.6 is 0 Å². The molecule has 3 rings (SSSR count). The molecule has 1 N–H and O–H groups in total. The number of hydrogen-bond acceptors (Lipinski definition) is 2. The van der Waals surface area contributed by atoms with E-state index in [0.717, 1.165) is 30.6 Å². The first kappa shape index (κ1) is 18.5. The average Bonchev–Trinajstić information content (AvgIpc) is 2.91. The summed E-state index contributed by atoms with van der Waals surface area (Å²) in [7, 11) is 0. The quantitative estimate of drug-likeness (QED) is 0.801. The number of fused-ring (bicyclic) bond motifs is 3. The molecule has 3 saturated carbocycles. The molecule has 23 heavy (non-hydrogen) atoms. The first-order valence-electron chi connectivity index (χ1n) is 9.67. The minimum absolute atomic E-state index is 0.135. The lowest BCUT2D eigenvalue weighted by atomic mass is 9.52. The zero-order valence-electron chi connectivity index (χ0n) is 15.3. The molecule has 3 nitrogen and oxygen atoms in total. The maximum Gasteiger partial charge on any atom is 0.303 e. The van der Waals surface area contributed by atoms with Gasteiger partial charge in [0.05, 0.1) is 0 Å². The molecule has 0 amide bonds. The van der Waals surface area contributed by atoms with E-state index in [4.69, 9.17) is 5.11 Å². The summed E-state index contributed by atoms with van der Waals surface area (Å²) in [5.74, 6) is 3.18. The molecule has 3 aliphatic rings. The van der Waals surface area contributed by atoms with Crippen molar-refractivity contribution < 1.29 is 14.7 Å². The first-order chi connectivity index (χ1) is 10.9. The molecule has 0 aliphatic heterocycles. The molecule has 132 valence electrons. The Kier molecular flexibility index (Phi) is 5.91. The summed E-state index contributed by atoms with van der Waals surface area (Å²) in [4.78, 5) is 23.5. The van der Waals surface area contributed by atoms with E-state index in [2.05, 4.69) is 13.8 Å². The average molecular weight is 322 g/mol. The molecule has 0 aromatic rings. The van der Waals surface area contributed by atoms with Crippen LogP contribution in [0.2, 0.25) is 0 Å². The largest absolute Gasteiger partial charge is 0.481 e. The molecule has 3 aliphatic carbocycles. The highest BCUT2D eigenvalue weighted by Gasteiger charge is 2.54. The highest BCUT2D eigenvalue weighted by atomic mass is 16.4. The molecule has 6 atom stereocenters. The third-order valence-corrected chi connectivity index (χ3v) is 6.92. The number of hydrogen-bond donors (Lipinski definition) is 1. The van der Waals surface area contributed by atoms with E-state index >= 15 is 0 Å². The number of Topliss-reactive ketones (excluding diaryl/α,β-unsaturated/α-hetero) is 1.